The third-order valence-electron chi connectivity index (χ3n) is 8.93. The van der Waals surface area contributed by atoms with Crippen LogP contribution in [0.1, 0.15) is 88.4 Å². The van der Waals surface area contributed by atoms with Crippen molar-refractivity contribution in [3.63, 3.8) is 0 Å². The maximum Gasteiger partial charge on any atom is 0.171 e. The molecule has 2 nitrogen and oxygen atoms in total. The molecule has 0 aromatic heterocycles. The molecule has 0 aromatic carbocycles. The molecule has 3 aliphatic carbocycles. The van der Waals surface area contributed by atoms with Crippen molar-refractivity contribution in [1.29, 1.82) is 0 Å². The van der Waals surface area contributed by atoms with E-state index in [1.165, 1.54) is 25.7 Å². The Morgan fingerprint density at radius 2 is 1.78 bits per heavy atom. The molecule has 2 saturated carbocycles. The molecule has 0 amide bonds. The van der Waals surface area contributed by atoms with Gasteiger partial charge in [0.15, 0.2) is 5.79 Å². The summed E-state index contributed by atoms with van der Waals surface area (Å²) < 4.78 is 12.5. The van der Waals surface area contributed by atoms with Crippen molar-refractivity contribution in [3.8, 4) is 11.8 Å². The highest BCUT2D eigenvalue weighted by molar-refractivity contribution is 5.46. The fourth-order valence-corrected chi connectivity index (χ4v) is 6.83. The van der Waals surface area contributed by atoms with Gasteiger partial charge >= 0.3 is 0 Å². The zero-order valence-electron chi connectivity index (χ0n) is 20.5. The molecule has 4 aliphatic rings. The smallest absolute Gasteiger partial charge is 0.171 e. The van der Waals surface area contributed by atoms with Gasteiger partial charge < -0.3 is 9.47 Å². The van der Waals surface area contributed by atoms with Crippen LogP contribution >= 0.6 is 0 Å². The van der Waals surface area contributed by atoms with Crippen LogP contribution in [0.2, 0.25) is 0 Å². The number of ether oxygens (including phenoxy) is 2. The lowest BCUT2D eigenvalue weighted by Crippen LogP contribution is -2.62. The maximum absolute atomic E-state index is 6.24. The Hall–Kier alpha value is -1.56. The zero-order chi connectivity index (χ0) is 22.8. The second-order valence-electron chi connectivity index (χ2n) is 9.88. The molecule has 1 unspecified atom stereocenters. The van der Waals surface area contributed by atoms with Crippen molar-refractivity contribution in [2.24, 2.45) is 22.2 Å². The summed E-state index contributed by atoms with van der Waals surface area (Å²) in [5.74, 6) is 7.20. The van der Waals surface area contributed by atoms with Crippen LogP contribution in [-0.4, -0.2) is 19.0 Å². The molecular weight excluding hydrogens is 392 g/mol. The lowest BCUT2D eigenvalue weighted by atomic mass is 9.40. The molecule has 4 atom stereocenters. The summed E-state index contributed by atoms with van der Waals surface area (Å²) in [6.45, 7) is 20.6. The largest absolute Gasteiger partial charge is 0.347 e. The molecule has 32 heavy (non-hydrogen) atoms. The van der Waals surface area contributed by atoms with Crippen LogP contribution in [0.5, 0.6) is 0 Å². The summed E-state index contributed by atoms with van der Waals surface area (Å²) in [6.07, 6.45) is 16.1. The Morgan fingerprint density at radius 1 is 1.09 bits per heavy atom. The molecule has 0 N–H and O–H groups in total. The van der Waals surface area contributed by atoms with Gasteiger partial charge in [0.1, 0.15) is 0 Å². The normalized spacial score (nSPS) is 37.2. The molecule has 1 spiro atoms. The van der Waals surface area contributed by atoms with E-state index in [9.17, 15) is 0 Å². The topological polar surface area (TPSA) is 18.5 Å². The Kier molecular flexibility index (Phi) is 8.46. The van der Waals surface area contributed by atoms with E-state index in [4.69, 9.17) is 9.47 Å². The van der Waals surface area contributed by atoms with Crippen molar-refractivity contribution in [3.05, 3.63) is 48.6 Å². The van der Waals surface area contributed by atoms with Crippen molar-refractivity contribution >= 4 is 0 Å². The van der Waals surface area contributed by atoms with Gasteiger partial charge in [-0.15, -0.1) is 0 Å². The van der Waals surface area contributed by atoms with Crippen LogP contribution in [0.25, 0.3) is 0 Å². The van der Waals surface area contributed by atoms with E-state index in [-0.39, 0.29) is 30.9 Å². The number of hydrogen-bond donors (Lipinski definition) is 0. The molecular formula is C30H48O2. The molecule has 1 aliphatic heterocycles. The van der Waals surface area contributed by atoms with Gasteiger partial charge in [0.25, 0.3) is 0 Å². The highest BCUT2D eigenvalue weighted by Crippen LogP contribution is 2.71. The third-order valence-corrected chi connectivity index (χ3v) is 8.93. The van der Waals surface area contributed by atoms with Crippen molar-refractivity contribution < 1.29 is 10.9 Å². The van der Waals surface area contributed by atoms with E-state index >= 15 is 0 Å². The number of rotatable bonds is 2. The number of allylic oxidation sites excluding steroid dienone is 6. The molecule has 1 saturated heterocycles. The van der Waals surface area contributed by atoms with E-state index in [0.29, 0.717) is 5.92 Å². The summed E-state index contributed by atoms with van der Waals surface area (Å²) >= 11 is 0. The van der Waals surface area contributed by atoms with Gasteiger partial charge in [-0.05, 0) is 61.0 Å². The monoisotopic (exact) mass is 440 g/mol. The third kappa shape index (κ3) is 3.97. The summed E-state index contributed by atoms with van der Waals surface area (Å²) in [4.78, 5) is 0. The summed E-state index contributed by atoms with van der Waals surface area (Å²) in [5.41, 5.74) is 2.84. The maximum atomic E-state index is 6.24. The Balaban J connectivity index is 0.00000133. The number of fused-ring (bicyclic) bond motifs is 3. The van der Waals surface area contributed by atoms with Gasteiger partial charge in [-0.1, -0.05) is 85.3 Å². The van der Waals surface area contributed by atoms with E-state index in [1.807, 2.05) is 26.0 Å². The van der Waals surface area contributed by atoms with E-state index in [1.54, 1.807) is 11.6 Å². The second-order valence-corrected chi connectivity index (χ2v) is 9.88. The van der Waals surface area contributed by atoms with Gasteiger partial charge in [0.2, 0.25) is 0 Å². The van der Waals surface area contributed by atoms with E-state index < -0.39 is 0 Å². The van der Waals surface area contributed by atoms with Crippen LogP contribution in [0, 0.1) is 34.0 Å². The molecule has 2 heteroatoms. The predicted molar refractivity (Wildman–Crippen MR) is 139 cm³/mol. The SMILES string of the molecule is C.C=C/C=C(/C#C[C@]12CCCC=C1[C@@]1(C)CCC3(OCCO3)C(C)[C@]1(C)CC2)C=C.CC.[HH]. The fraction of sp³-hybridized carbons (Fsp3) is 0.667. The first-order valence-corrected chi connectivity index (χ1v) is 12.3. The summed E-state index contributed by atoms with van der Waals surface area (Å²) in [7, 11) is 0. The van der Waals surface area contributed by atoms with Gasteiger partial charge in [-0.3, -0.25) is 0 Å². The second kappa shape index (κ2) is 10.1. The standard InChI is InChI=1S/C27H36O2.C2H6.CH4.H2/c1-6-10-22(7-2)12-14-26-13-9-8-11-23(26)25(5)16-18-27(28-19-20-29-27)21(3)24(25,4)15-17-26;1-2;;/h6-7,10-11,21H,1-2,8-9,13,15-20H2,3-5H3;1-2H3;1H4;1H/b22-10+;;;/t21?,24-,25+,26-;;;/m0.../s1. The van der Waals surface area contributed by atoms with Crippen molar-refractivity contribution in [1.82, 2.24) is 0 Å². The minimum atomic E-state index is -0.377. The molecule has 1 heterocycles. The van der Waals surface area contributed by atoms with Crippen molar-refractivity contribution in [2.45, 2.75) is 92.8 Å². The van der Waals surface area contributed by atoms with Crippen molar-refractivity contribution in [2.75, 3.05) is 13.2 Å². The van der Waals surface area contributed by atoms with E-state index in [0.717, 1.165) is 38.0 Å². The predicted octanol–water partition coefficient (Wildman–Crippen LogP) is 8.27. The Bertz CT molecular complexity index is 822. The summed E-state index contributed by atoms with van der Waals surface area (Å²) in [6, 6.07) is 0. The fourth-order valence-electron chi connectivity index (χ4n) is 6.83. The molecule has 4 rings (SSSR count). The quantitative estimate of drug-likeness (QED) is 0.244. The highest BCUT2D eigenvalue weighted by atomic mass is 16.7. The van der Waals surface area contributed by atoms with Gasteiger partial charge in [0, 0.05) is 19.3 Å². The van der Waals surface area contributed by atoms with Gasteiger partial charge in [-0.2, -0.15) is 0 Å². The van der Waals surface area contributed by atoms with Gasteiger partial charge in [0.05, 0.1) is 18.6 Å². The minimum Gasteiger partial charge on any atom is -0.347 e. The Morgan fingerprint density at radius 3 is 2.41 bits per heavy atom. The lowest BCUT2D eigenvalue weighted by Gasteiger charge is -2.65. The highest BCUT2D eigenvalue weighted by Gasteiger charge is 2.66. The first-order chi connectivity index (χ1) is 14.9. The molecule has 0 radical (unpaired) electrons. The van der Waals surface area contributed by atoms with Crippen LogP contribution in [0.15, 0.2) is 48.6 Å². The van der Waals surface area contributed by atoms with Crippen LogP contribution in [-0.2, 0) is 9.47 Å². The average Bonchev–Trinajstić information content (AvgIpc) is 3.28. The minimum absolute atomic E-state index is 0. The van der Waals surface area contributed by atoms with Crippen LogP contribution in [0.3, 0.4) is 0 Å². The van der Waals surface area contributed by atoms with E-state index in [2.05, 4.69) is 51.8 Å². The van der Waals surface area contributed by atoms with Crippen LogP contribution in [0.4, 0.5) is 0 Å². The summed E-state index contributed by atoms with van der Waals surface area (Å²) in [5, 5.41) is 0. The molecule has 0 aromatic rings. The molecule has 0 bridgehead atoms. The number of hydrogen-bond acceptors (Lipinski definition) is 2. The Labute approximate surface area is 199 Å². The van der Waals surface area contributed by atoms with Crippen LogP contribution < -0.4 is 0 Å². The molecule has 3 fully saturated rings. The first kappa shape index (κ1) is 26.7. The zero-order valence-corrected chi connectivity index (χ0v) is 20.5. The average molecular weight is 441 g/mol. The lowest BCUT2D eigenvalue weighted by molar-refractivity contribution is -0.268. The molecule has 180 valence electrons. The van der Waals surface area contributed by atoms with Gasteiger partial charge in [-0.25, -0.2) is 0 Å². The first-order valence-electron chi connectivity index (χ1n) is 12.3.